The molecule has 0 aromatic heterocycles. The molecule has 1 amide bonds. The lowest BCUT2D eigenvalue weighted by atomic mass is 10.0. The lowest BCUT2D eigenvalue weighted by molar-refractivity contribution is -0.151. The van der Waals surface area contributed by atoms with Crippen molar-refractivity contribution in [2.45, 2.75) is 50.6 Å². The first-order valence-corrected chi connectivity index (χ1v) is 7.88. The van der Waals surface area contributed by atoms with Crippen LogP contribution in [-0.2, 0) is 9.59 Å². The summed E-state index contributed by atoms with van der Waals surface area (Å²) in [6.07, 6.45) is 2.34. The Morgan fingerprint density at radius 2 is 2.05 bits per heavy atom. The molecule has 0 aromatic carbocycles. The molecule has 108 valence electrons. The lowest BCUT2D eigenvalue weighted by Crippen LogP contribution is -2.49. The van der Waals surface area contributed by atoms with E-state index in [0.717, 1.165) is 12.8 Å². The third-order valence-electron chi connectivity index (χ3n) is 3.97. The first-order valence-electron chi connectivity index (χ1n) is 6.84. The van der Waals surface area contributed by atoms with E-state index in [9.17, 15) is 14.7 Å². The van der Waals surface area contributed by atoms with Crippen molar-refractivity contribution in [2.75, 3.05) is 5.75 Å². The van der Waals surface area contributed by atoms with Gasteiger partial charge in [-0.25, -0.2) is 4.79 Å². The molecule has 1 heterocycles. The second-order valence-electron chi connectivity index (χ2n) is 5.84. The van der Waals surface area contributed by atoms with Gasteiger partial charge in [-0.05, 0) is 25.2 Å². The zero-order valence-electron chi connectivity index (χ0n) is 11.4. The van der Waals surface area contributed by atoms with Gasteiger partial charge in [0, 0.05) is 17.7 Å². The molecule has 2 rings (SSSR count). The summed E-state index contributed by atoms with van der Waals surface area (Å²) in [7, 11) is 0. The minimum absolute atomic E-state index is 0.0101. The number of carbonyl (C=O) groups is 2. The van der Waals surface area contributed by atoms with Gasteiger partial charge in [-0.2, -0.15) is 0 Å². The van der Waals surface area contributed by atoms with E-state index in [2.05, 4.69) is 0 Å². The van der Waals surface area contributed by atoms with Gasteiger partial charge < -0.3 is 15.7 Å². The standard InChI is InChI=1S/C13H22N2O3S/c1-7(2)12-15(10(6-19-12)13(17)18)11(16)8-3-4-9(14)5-8/h7-10,12H,3-6,14H2,1-2H3,(H,17,18). The van der Waals surface area contributed by atoms with E-state index in [4.69, 9.17) is 5.73 Å². The number of carboxylic acid groups (broad SMARTS) is 1. The third kappa shape index (κ3) is 2.89. The van der Waals surface area contributed by atoms with E-state index in [1.807, 2.05) is 13.8 Å². The van der Waals surface area contributed by atoms with Gasteiger partial charge in [0.1, 0.15) is 6.04 Å². The summed E-state index contributed by atoms with van der Waals surface area (Å²) >= 11 is 1.58. The summed E-state index contributed by atoms with van der Waals surface area (Å²) in [5.74, 6) is -0.247. The fourth-order valence-electron chi connectivity index (χ4n) is 2.96. The SMILES string of the molecule is CC(C)C1SCC(C(=O)O)N1C(=O)C1CCC(N)C1. The van der Waals surface area contributed by atoms with Crippen molar-refractivity contribution in [3.05, 3.63) is 0 Å². The second-order valence-corrected chi connectivity index (χ2v) is 6.99. The highest BCUT2D eigenvalue weighted by Crippen LogP contribution is 2.37. The number of nitrogens with zero attached hydrogens (tertiary/aromatic N) is 1. The Kier molecular flexibility index (Phi) is 4.40. The molecule has 19 heavy (non-hydrogen) atoms. The van der Waals surface area contributed by atoms with Gasteiger partial charge in [0.25, 0.3) is 0 Å². The summed E-state index contributed by atoms with van der Waals surface area (Å²) in [6, 6.07) is -0.591. The van der Waals surface area contributed by atoms with Crippen LogP contribution in [0.4, 0.5) is 0 Å². The van der Waals surface area contributed by atoms with E-state index in [-0.39, 0.29) is 29.2 Å². The number of hydrogen-bond donors (Lipinski definition) is 2. The Hall–Kier alpha value is -0.750. The highest BCUT2D eigenvalue weighted by Gasteiger charge is 2.45. The minimum atomic E-state index is -0.897. The summed E-state index contributed by atoms with van der Waals surface area (Å²) in [5.41, 5.74) is 5.86. The molecule has 2 fully saturated rings. The van der Waals surface area contributed by atoms with E-state index < -0.39 is 12.0 Å². The fraction of sp³-hybridized carbons (Fsp3) is 0.846. The Balaban J connectivity index is 2.16. The Bertz CT molecular complexity index is 375. The topological polar surface area (TPSA) is 83.6 Å². The molecule has 1 aliphatic carbocycles. The predicted octanol–water partition coefficient (Wildman–Crippen LogP) is 1.12. The Labute approximate surface area is 117 Å². The lowest BCUT2D eigenvalue weighted by Gasteiger charge is -2.31. The molecule has 0 aromatic rings. The normalized spacial score (nSPS) is 35.1. The van der Waals surface area contributed by atoms with Crippen LogP contribution in [0.2, 0.25) is 0 Å². The van der Waals surface area contributed by atoms with Crippen LogP contribution in [0.25, 0.3) is 0 Å². The molecule has 0 spiro atoms. The maximum Gasteiger partial charge on any atom is 0.327 e. The fourth-order valence-corrected chi connectivity index (χ4v) is 4.44. The van der Waals surface area contributed by atoms with Crippen molar-refractivity contribution >= 4 is 23.6 Å². The van der Waals surface area contributed by atoms with Gasteiger partial charge >= 0.3 is 5.97 Å². The second kappa shape index (κ2) is 5.71. The molecule has 4 unspecified atom stereocenters. The zero-order chi connectivity index (χ0) is 14.2. The average molecular weight is 286 g/mol. The van der Waals surface area contributed by atoms with Crippen LogP contribution in [0, 0.1) is 11.8 Å². The number of aliphatic carboxylic acids is 1. The van der Waals surface area contributed by atoms with Crippen LogP contribution in [0.5, 0.6) is 0 Å². The molecular formula is C13H22N2O3S. The number of amides is 1. The number of thioether (sulfide) groups is 1. The van der Waals surface area contributed by atoms with Crippen molar-refractivity contribution in [1.29, 1.82) is 0 Å². The molecule has 0 bridgehead atoms. The van der Waals surface area contributed by atoms with Crippen molar-refractivity contribution in [3.63, 3.8) is 0 Å². The van der Waals surface area contributed by atoms with Crippen molar-refractivity contribution < 1.29 is 14.7 Å². The van der Waals surface area contributed by atoms with Crippen molar-refractivity contribution in [1.82, 2.24) is 4.90 Å². The van der Waals surface area contributed by atoms with Crippen molar-refractivity contribution in [3.8, 4) is 0 Å². The van der Waals surface area contributed by atoms with Gasteiger partial charge in [-0.15, -0.1) is 11.8 Å². The van der Waals surface area contributed by atoms with E-state index in [0.29, 0.717) is 12.2 Å². The largest absolute Gasteiger partial charge is 0.480 e. The summed E-state index contributed by atoms with van der Waals surface area (Å²) in [5, 5.41) is 9.27. The van der Waals surface area contributed by atoms with Gasteiger partial charge in [0.05, 0.1) is 5.37 Å². The molecule has 3 N–H and O–H groups in total. The number of nitrogens with two attached hydrogens (primary N) is 1. The van der Waals surface area contributed by atoms with Crippen LogP contribution < -0.4 is 5.73 Å². The summed E-state index contributed by atoms with van der Waals surface area (Å²) in [4.78, 5) is 25.6. The monoisotopic (exact) mass is 286 g/mol. The average Bonchev–Trinajstić information content (AvgIpc) is 2.93. The molecule has 0 radical (unpaired) electrons. The first-order chi connectivity index (χ1) is 8.91. The maximum absolute atomic E-state index is 12.6. The zero-order valence-corrected chi connectivity index (χ0v) is 12.2. The van der Waals surface area contributed by atoms with Gasteiger partial charge in [-0.1, -0.05) is 13.8 Å². The quantitative estimate of drug-likeness (QED) is 0.812. The van der Waals surface area contributed by atoms with Crippen LogP contribution >= 0.6 is 11.8 Å². The molecule has 2 aliphatic rings. The van der Waals surface area contributed by atoms with Gasteiger partial charge in [-0.3, -0.25) is 4.79 Å². The van der Waals surface area contributed by atoms with Crippen LogP contribution in [-0.4, -0.2) is 45.1 Å². The number of carbonyl (C=O) groups excluding carboxylic acids is 1. The molecule has 1 saturated carbocycles. The number of hydrogen-bond acceptors (Lipinski definition) is 4. The minimum Gasteiger partial charge on any atom is -0.480 e. The highest BCUT2D eigenvalue weighted by molar-refractivity contribution is 8.00. The molecule has 1 saturated heterocycles. The first kappa shape index (κ1) is 14.7. The molecule has 6 heteroatoms. The Morgan fingerprint density at radius 1 is 1.37 bits per heavy atom. The smallest absolute Gasteiger partial charge is 0.327 e. The van der Waals surface area contributed by atoms with Crippen LogP contribution in [0.1, 0.15) is 33.1 Å². The van der Waals surface area contributed by atoms with E-state index in [1.165, 1.54) is 0 Å². The molecule has 1 aliphatic heterocycles. The molecular weight excluding hydrogens is 264 g/mol. The van der Waals surface area contributed by atoms with Gasteiger partial charge in [0.15, 0.2) is 0 Å². The Morgan fingerprint density at radius 3 is 2.53 bits per heavy atom. The van der Waals surface area contributed by atoms with Crippen LogP contribution in [0.3, 0.4) is 0 Å². The summed E-state index contributed by atoms with van der Waals surface area (Å²) < 4.78 is 0. The van der Waals surface area contributed by atoms with Gasteiger partial charge in [0.2, 0.25) is 5.91 Å². The maximum atomic E-state index is 12.6. The third-order valence-corrected chi connectivity index (χ3v) is 5.59. The van der Waals surface area contributed by atoms with Crippen LogP contribution in [0.15, 0.2) is 0 Å². The van der Waals surface area contributed by atoms with E-state index >= 15 is 0 Å². The number of rotatable bonds is 3. The summed E-state index contributed by atoms with van der Waals surface area (Å²) in [6.45, 7) is 4.06. The van der Waals surface area contributed by atoms with E-state index in [1.54, 1.807) is 16.7 Å². The molecule has 5 nitrogen and oxygen atoms in total. The highest BCUT2D eigenvalue weighted by atomic mass is 32.2. The molecule has 4 atom stereocenters. The predicted molar refractivity (Wildman–Crippen MR) is 74.7 cm³/mol. The van der Waals surface area contributed by atoms with Crippen molar-refractivity contribution in [2.24, 2.45) is 17.6 Å². The number of carboxylic acids is 1.